The topological polar surface area (TPSA) is 52.0 Å². The summed E-state index contributed by atoms with van der Waals surface area (Å²) < 4.78 is 0. The number of hydrogen-bond acceptors (Lipinski definition) is 2. The van der Waals surface area contributed by atoms with Crippen LogP contribution in [0, 0.1) is 0 Å². The van der Waals surface area contributed by atoms with Crippen molar-refractivity contribution in [2.45, 2.75) is 141 Å². The average molecular weight is 355 g/mol. The Morgan fingerprint density at radius 2 is 0.800 bits per heavy atom. The molecule has 0 spiro atoms. The van der Waals surface area contributed by atoms with Crippen LogP contribution < -0.4 is 11.5 Å². The minimum absolute atomic E-state index is 0.0131. The molecule has 0 atom stereocenters. The van der Waals surface area contributed by atoms with Crippen LogP contribution in [-0.4, -0.2) is 12.1 Å². The van der Waals surface area contributed by atoms with Crippen molar-refractivity contribution in [2.24, 2.45) is 11.5 Å². The highest BCUT2D eigenvalue weighted by molar-refractivity contribution is 4.84. The van der Waals surface area contributed by atoms with E-state index in [1.54, 1.807) is 0 Å². The first-order valence-corrected chi connectivity index (χ1v) is 11.7. The van der Waals surface area contributed by atoms with Crippen LogP contribution in [-0.2, 0) is 0 Å². The standard InChI is InChI=1S/C23H50N2/c1-3-5-7-9-11-13-15-17-19-23(25,21-22-24)20-18-16-14-12-10-8-6-4-2/h3-22,24-25H2,1-2H3. The summed E-state index contributed by atoms with van der Waals surface area (Å²) in [4.78, 5) is 0. The van der Waals surface area contributed by atoms with Gasteiger partial charge in [0, 0.05) is 5.54 Å². The zero-order chi connectivity index (χ0) is 18.6. The molecule has 0 aromatic heterocycles. The van der Waals surface area contributed by atoms with Gasteiger partial charge in [0.2, 0.25) is 0 Å². The fourth-order valence-corrected chi connectivity index (χ4v) is 3.88. The summed E-state index contributed by atoms with van der Waals surface area (Å²) in [5.74, 6) is 0. The summed E-state index contributed by atoms with van der Waals surface area (Å²) in [6.07, 6.45) is 25.4. The molecule has 0 saturated heterocycles. The molecule has 2 heteroatoms. The van der Waals surface area contributed by atoms with Crippen LogP contribution in [0.25, 0.3) is 0 Å². The zero-order valence-corrected chi connectivity index (χ0v) is 17.8. The van der Waals surface area contributed by atoms with Crippen molar-refractivity contribution >= 4 is 0 Å². The second kappa shape index (κ2) is 18.7. The van der Waals surface area contributed by atoms with Gasteiger partial charge in [0.1, 0.15) is 0 Å². The van der Waals surface area contributed by atoms with Gasteiger partial charge < -0.3 is 11.5 Å². The van der Waals surface area contributed by atoms with E-state index in [9.17, 15) is 0 Å². The Morgan fingerprint density at radius 1 is 0.480 bits per heavy atom. The molecule has 152 valence electrons. The Kier molecular flexibility index (Phi) is 18.6. The molecule has 0 bridgehead atoms. The number of nitrogens with two attached hydrogens (primary N) is 2. The quantitative estimate of drug-likeness (QED) is 0.229. The molecule has 0 aromatic rings. The number of unbranched alkanes of at least 4 members (excludes halogenated alkanes) is 14. The highest BCUT2D eigenvalue weighted by atomic mass is 14.7. The lowest BCUT2D eigenvalue weighted by Gasteiger charge is -2.29. The molecule has 0 amide bonds. The third-order valence-corrected chi connectivity index (χ3v) is 5.70. The second-order valence-electron chi connectivity index (χ2n) is 8.35. The summed E-state index contributed by atoms with van der Waals surface area (Å²) in [5, 5.41) is 0. The van der Waals surface area contributed by atoms with Crippen LogP contribution in [0.15, 0.2) is 0 Å². The van der Waals surface area contributed by atoms with Gasteiger partial charge in [0.15, 0.2) is 0 Å². The maximum absolute atomic E-state index is 6.69. The summed E-state index contributed by atoms with van der Waals surface area (Å²) in [6, 6.07) is 0. The van der Waals surface area contributed by atoms with Gasteiger partial charge in [-0.15, -0.1) is 0 Å². The van der Waals surface area contributed by atoms with E-state index in [-0.39, 0.29) is 5.54 Å². The number of hydrogen-bond donors (Lipinski definition) is 2. The lowest BCUT2D eigenvalue weighted by atomic mass is 9.84. The van der Waals surface area contributed by atoms with Crippen molar-refractivity contribution in [3.63, 3.8) is 0 Å². The van der Waals surface area contributed by atoms with Gasteiger partial charge in [-0.1, -0.05) is 117 Å². The highest BCUT2D eigenvalue weighted by Gasteiger charge is 2.22. The van der Waals surface area contributed by atoms with Crippen LogP contribution in [0.4, 0.5) is 0 Å². The number of rotatable bonds is 20. The first kappa shape index (κ1) is 24.9. The second-order valence-corrected chi connectivity index (χ2v) is 8.35. The molecule has 0 heterocycles. The largest absolute Gasteiger partial charge is 0.330 e. The lowest BCUT2D eigenvalue weighted by Crippen LogP contribution is -2.41. The van der Waals surface area contributed by atoms with Crippen LogP contribution in [0.3, 0.4) is 0 Å². The van der Waals surface area contributed by atoms with Crippen LogP contribution >= 0.6 is 0 Å². The Morgan fingerprint density at radius 3 is 1.12 bits per heavy atom. The maximum atomic E-state index is 6.69. The minimum atomic E-state index is 0.0131. The molecule has 0 aromatic carbocycles. The van der Waals surface area contributed by atoms with Gasteiger partial charge in [-0.2, -0.15) is 0 Å². The van der Waals surface area contributed by atoms with Crippen LogP contribution in [0.1, 0.15) is 136 Å². The predicted octanol–water partition coefficient (Wildman–Crippen LogP) is 7.09. The first-order chi connectivity index (χ1) is 12.2. The first-order valence-electron chi connectivity index (χ1n) is 11.7. The Labute approximate surface area is 159 Å². The molecule has 0 saturated carbocycles. The Balaban J connectivity index is 3.66. The third-order valence-electron chi connectivity index (χ3n) is 5.70. The van der Waals surface area contributed by atoms with Gasteiger partial charge in [-0.05, 0) is 25.8 Å². The molecule has 25 heavy (non-hydrogen) atoms. The van der Waals surface area contributed by atoms with E-state index >= 15 is 0 Å². The molecule has 0 radical (unpaired) electrons. The van der Waals surface area contributed by atoms with Crippen molar-refractivity contribution in [1.82, 2.24) is 0 Å². The van der Waals surface area contributed by atoms with Gasteiger partial charge >= 0.3 is 0 Å². The fourth-order valence-electron chi connectivity index (χ4n) is 3.88. The minimum Gasteiger partial charge on any atom is -0.330 e. The smallest absolute Gasteiger partial charge is 0.0166 e. The van der Waals surface area contributed by atoms with Crippen molar-refractivity contribution in [3.8, 4) is 0 Å². The maximum Gasteiger partial charge on any atom is 0.0166 e. The van der Waals surface area contributed by atoms with Crippen molar-refractivity contribution in [3.05, 3.63) is 0 Å². The van der Waals surface area contributed by atoms with Crippen LogP contribution in [0.5, 0.6) is 0 Å². The van der Waals surface area contributed by atoms with E-state index in [0.717, 1.165) is 13.0 Å². The van der Waals surface area contributed by atoms with E-state index < -0.39 is 0 Å². The highest BCUT2D eigenvalue weighted by Crippen LogP contribution is 2.24. The molecule has 0 unspecified atom stereocenters. The van der Waals surface area contributed by atoms with Gasteiger partial charge in [0.05, 0.1) is 0 Å². The SMILES string of the molecule is CCCCCCCCCCC(N)(CCN)CCCCCCCCCC. The zero-order valence-electron chi connectivity index (χ0n) is 17.8. The molecule has 4 N–H and O–H groups in total. The monoisotopic (exact) mass is 354 g/mol. The molecule has 0 rings (SSSR count). The fraction of sp³-hybridized carbons (Fsp3) is 1.00. The Hall–Kier alpha value is -0.0800. The molecular formula is C23H50N2. The summed E-state index contributed by atoms with van der Waals surface area (Å²) in [5.41, 5.74) is 12.5. The lowest BCUT2D eigenvalue weighted by molar-refractivity contribution is 0.317. The molecule has 2 nitrogen and oxygen atoms in total. The molecule has 0 aliphatic carbocycles. The van der Waals surface area contributed by atoms with Crippen molar-refractivity contribution < 1.29 is 0 Å². The Bertz CT molecular complexity index is 232. The molecule has 0 fully saturated rings. The average Bonchev–Trinajstić information content (AvgIpc) is 2.60. The van der Waals surface area contributed by atoms with E-state index in [0.29, 0.717) is 0 Å². The molecule has 0 aliphatic rings. The normalized spacial score (nSPS) is 12.0. The summed E-state index contributed by atoms with van der Waals surface area (Å²) in [7, 11) is 0. The summed E-state index contributed by atoms with van der Waals surface area (Å²) >= 11 is 0. The van der Waals surface area contributed by atoms with Gasteiger partial charge in [0.25, 0.3) is 0 Å². The van der Waals surface area contributed by atoms with E-state index in [4.69, 9.17) is 11.5 Å². The van der Waals surface area contributed by atoms with Gasteiger partial charge in [-0.25, -0.2) is 0 Å². The molecular weight excluding hydrogens is 304 g/mol. The van der Waals surface area contributed by atoms with Crippen LogP contribution in [0.2, 0.25) is 0 Å². The molecule has 0 aliphatic heterocycles. The van der Waals surface area contributed by atoms with E-state index in [2.05, 4.69) is 13.8 Å². The van der Waals surface area contributed by atoms with Gasteiger partial charge in [-0.3, -0.25) is 0 Å². The predicted molar refractivity (Wildman–Crippen MR) is 115 cm³/mol. The van der Waals surface area contributed by atoms with E-state index in [1.165, 1.54) is 116 Å². The van der Waals surface area contributed by atoms with Crippen molar-refractivity contribution in [1.29, 1.82) is 0 Å². The van der Waals surface area contributed by atoms with Crippen molar-refractivity contribution in [2.75, 3.05) is 6.54 Å². The summed E-state index contributed by atoms with van der Waals surface area (Å²) in [6.45, 7) is 5.31. The van der Waals surface area contributed by atoms with E-state index in [1.807, 2.05) is 0 Å². The third kappa shape index (κ3) is 17.1.